The summed E-state index contributed by atoms with van der Waals surface area (Å²) in [5, 5.41) is 5.48. The lowest BCUT2D eigenvalue weighted by atomic mass is 10.1. The van der Waals surface area contributed by atoms with E-state index in [1.54, 1.807) is 12.1 Å². The van der Waals surface area contributed by atoms with Crippen LogP contribution in [0.3, 0.4) is 0 Å². The Bertz CT molecular complexity index is 427. The van der Waals surface area contributed by atoms with Crippen molar-refractivity contribution in [3.05, 3.63) is 35.4 Å². The van der Waals surface area contributed by atoms with Crippen LogP contribution < -0.4 is 16.4 Å². The van der Waals surface area contributed by atoms with Crippen molar-refractivity contribution in [1.29, 1.82) is 0 Å². The van der Waals surface area contributed by atoms with Gasteiger partial charge in [-0.05, 0) is 31.5 Å². The third-order valence-corrected chi connectivity index (χ3v) is 2.54. The van der Waals surface area contributed by atoms with Gasteiger partial charge in [0.05, 0.1) is 0 Å². The molecule has 5 heteroatoms. The summed E-state index contributed by atoms with van der Waals surface area (Å²) in [5.41, 5.74) is 7.03. The first-order chi connectivity index (χ1) is 9.02. The normalized spacial score (nSPS) is 10.3. The molecule has 0 unspecified atom stereocenters. The van der Waals surface area contributed by atoms with Gasteiger partial charge in [0.25, 0.3) is 5.91 Å². The number of hydrogen-bond acceptors (Lipinski definition) is 3. The Kier molecular flexibility index (Phi) is 6.02. The summed E-state index contributed by atoms with van der Waals surface area (Å²) >= 11 is 0. The van der Waals surface area contributed by atoms with Crippen LogP contribution in [0.5, 0.6) is 0 Å². The summed E-state index contributed by atoms with van der Waals surface area (Å²) in [6, 6.07) is 7.21. The lowest BCUT2D eigenvalue weighted by Gasteiger charge is -2.09. The second-order valence-corrected chi connectivity index (χ2v) is 4.63. The van der Waals surface area contributed by atoms with Crippen molar-refractivity contribution in [1.82, 2.24) is 10.6 Å². The van der Waals surface area contributed by atoms with Gasteiger partial charge in [-0.3, -0.25) is 9.59 Å². The van der Waals surface area contributed by atoms with Crippen molar-refractivity contribution in [3.8, 4) is 0 Å². The Labute approximate surface area is 113 Å². The molecule has 0 saturated heterocycles. The number of benzene rings is 1. The lowest BCUT2D eigenvalue weighted by Crippen LogP contribution is -2.34. The summed E-state index contributed by atoms with van der Waals surface area (Å²) in [6.07, 6.45) is 0.283. The largest absolute Gasteiger partial charge is 0.354 e. The van der Waals surface area contributed by atoms with Gasteiger partial charge < -0.3 is 16.4 Å². The number of nitrogens with two attached hydrogens (primary N) is 1. The molecule has 19 heavy (non-hydrogen) atoms. The Morgan fingerprint density at radius 1 is 1.21 bits per heavy atom. The molecule has 0 saturated carbocycles. The molecule has 0 fully saturated rings. The van der Waals surface area contributed by atoms with Crippen LogP contribution in [0.2, 0.25) is 0 Å². The molecule has 0 spiro atoms. The van der Waals surface area contributed by atoms with Crippen molar-refractivity contribution in [2.75, 3.05) is 6.54 Å². The molecule has 104 valence electrons. The minimum absolute atomic E-state index is 0.0613. The molecule has 0 aliphatic heterocycles. The van der Waals surface area contributed by atoms with Crippen LogP contribution in [0.15, 0.2) is 24.3 Å². The van der Waals surface area contributed by atoms with E-state index < -0.39 is 0 Å². The number of carbonyl (C=O) groups is 2. The number of nitrogens with one attached hydrogen (secondary N) is 2. The summed E-state index contributed by atoms with van der Waals surface area (Å²) < 4.78 is 0. The second-order valence-electron chi connectivity index (χ2n) is 4.63. The topological polar surface area (TPSA) is 84.2 Å². The predicted molar refractivity (Wildman–Crippen MR) is 74.6 cm³/mol. The number of carbonyl (C=O) groups excluding carboxylic acids is 2. The van der Waals surface area contributed by atoms with Crippen LogP contribution in [0.4, 0.5) is 0 Å². The van der Waals surface area contributed by atoms with Crippen LogP contribution in [0.25, 0.3) is 0 Å². The highest BCUT2D eigenvalue weighted by Gasteiger charge is 2.07. The fourth-order valence-electron chi connectivity index (χ4n) is 1.58. The van der Waals surface area contributed by atoms with Crippen molar-refractivity contribution in [2.45, 2.75) is 32.9 Å². The summed E-state index contributed by atoms with van der Waals surface area (Å²) in [4.78, 5) is 23.2. The first-order valence-electron chi connectivity index (χ1n) is 6.39. The molecule has 1 aromatic carbocycles. The molecular weight excluding hydrogens is 242 g/mol. The SMILES string of the molecule is CC(C)NC(=O)CCNC(=O)c1ccc(CN)cc1. The minimum Gasteiger partial charge on any atom is -0.354 e. The zero-order valence-electron chi connectivity index (χ0n) is 11.4. The highest BCUT2D eigenvalue weighted by atomic mass is 16.2. The highest BCUT2D eigenvalue weighted by molar-refractivity contribution is 5.94. The Balaban J connectivity index is 2.36. The maximum absolute atomic E-state index is 11.8. The van der Waals surface area contributed by atoms with E-state index >= 15 is 0 Å². The van der Waals surface area contributed by atoms with Gasteiger partial charge in [-0.1, -0.05) is 12.1 Å². The van der Waals surface area contributed by atoms with E-state index in [4.69, 9.17) is 5.73 Å². The smallest absolute Gasteiger partial charge is 0.251 e. The highest BCUT2D eigenvalue weighted by Crippen LogP contribution is 2.03. The van der Waals surface area contributed by atoms with Crippen molar-refractivity contribution in [2.24, 2.45) is 5.73 Å². The predicted octanol–water partition coefficient (Wildman–Crippen LogP) is 0.790. The third kappa shape index (κ3) is 5.52. The van der Waals surface area contributed by atoms with E-state index in [0.29, 0.717) is 18.7 Å². The van der Waals surface area contributed by atoms with Crippen LogP contribution in [-0.4, -0.2) is 24.4 Å². The monoisotopic (exact) mass is 263 g/mol. The second kappa shape index (κ2) is 7.53. The average molecular weight is 263 g/mol. The molecule has 0 heterocycles. The van der Waals surface area contributed by atoms with Crippen LogP contribution >= 0.6 is 0 Å². The molecule has 0 radical (unpaired) electrons. The Hall–Kier alpha value is -1.88. The van der Waals surface area contributed by atoms with Gasteiger partial charge in [0.2, 0.25) is 5.91 Å². The first-order valence-corrected chi connectivity index (χ1v) is 6.39. The quantitative estimate of drug-likeness (QED) is 0.709. The Morgan fingerprint density at radius 3 is 2.37 bits per heavy atom. The van der Waals surface area contributed by atoms with Gasteiger partial charge >= 0.3 is 0 Å². The molecule has 0 atom stereocenters. The van der Waals surface area contributed by atoms with E-state index in [9.17, 15) is 9.59 Å². The molecule has 2 amide bonds. The fraction of sp³-hybridized carbons (Fsp3) is 0.429. The lowest BCUT2D eigenvalue weighted by molar-refractivity contribution is -0.121. The van der Waals surface area contributed by atoms with E-state index in [1.807, 2.05) is 26.0 Å². The van der Waals surface area contributed by atoms with Gasteiger partial charge in [0, 0.05) is 31.1 Å². The van der Waals surface area contributed by atoms with Crippen molar-refractivity contribution >= 4 is 11.8 Å². The Morgan fingerprint density at radius 2 is 1.84 bits per heavy atom. The molecular formula is C14H21N3O2. The minimum atomic E-state index is -0.180. The van der Waals surface area contributed by atoms with Gasteiger partial charge in [0.1, 0.15) is 0 Å². The molecule has 4 N–H and O–H groups in total. The molecule has 0 aliphatic rings. The summed E-state index contributed by atoms with van der Waals surface area (Å²) in [5.74, 6) is -0.241. The molecule has 1 aromatic rings. The number of hydrogen-bond donors (Lipinski definition) is 3. The van der Waals surface area contributed by atoms with Crippen molar-refractivity contribution < 1.29 is 9.59 Å². The van der Waals surface area contributed by atoms with Gasteiger partial charge in [-0.25, -0.2) is 0 Å². The van der Waals surface area contributed by atoms with Gasteiger partial charge in [-0.15, -0.1) is 0 Å². The summed E-state index contributed by atoms with van der Waals surface area (Å²) in [7, 11) is 0. The van der Waals surface area contributed by atoms with E-state index in [0.717, 1.165) is 5.56 Å². The summed E-state index contributed by atoms with van der Waals surface area (Å²) in [6.45, 7) is 4.58. The fourth-order valence-corrected chi connectivity index (χ4v) is 1.58. The molecule has 1 rings (SSSR count). The van der Waals surface area contributed by atoms with Gasteiger partial charge in [-0.2, -0.15) is 0 Å². The third-order valence-electron chi connectivity index (χ3n) is 2.54. The average Bonchev–Trinajstić information content (AvgIpc) is 2.37. The zero-order chi connectivity index (χ0) is 14.3. The van der Waals surface area contributed by atoms with Crippen LogP contribution in [-0.2, 0) is 11.3 Å². The molecule has 0 aliphatic carbocycles. The maximum atomic E-state index is 11.8. The van der Waals surface area contributed by atoms with E-state index in [1.165, 1.54) is 0 Å². The standard InChI is InChI=1S/C14H21N3O2/c1-10(2)17-13(18)7-8-16-14(19)12-5-3-11(9-15)4-6-12/h3-6,10H,7-9,15H2,1-2H3,(H,16,19)(H,17,18). The number of rotatable bonds is 6. The van der Waals surface area contributed by atoms with E-state index in [-0.39, 0.29) is 24.3 Å². The van der Waals surface area contributed by atoms with Crippen LogP contribution in [0, 0.1) is 0 Å². The van der Waals surface area contributed by atoms with E-state index in [2.05, 4.69) is 10.6 Å². The maximum Gasteiger partial charge on any atom is 0.251 e. The molecule has 5 nitrogen and oxygen atoms in total. The number of amides is 2. The zero-order valence-corrected chi connectivity index (χ0v) is 11.4. The van der Waals surface area contributed by atoms with Crippen molar-refractivity contribution in [3.63, 3.8) is 0 Å². The van der Waals surface area contributed by atoms with Gasteiger partial charge in [0.15, 0.2) is 0 Å². The molecule has 0 aromatic heterocycles. The van der Waals surface area contributed by atoms with Crippen LogP contribution in [0.1, 0.15) is 36.2 Å². The first kappa shape index (κ1) is 15.2. The molecule has 0 bridgehead atoms.